The molecule has 0 aliphatic heterocycles. The summed E-state index contributed by atoms with van der Waals surface area (Å²) >= 11 is 0. The van der Waals surface area contributed by atoms with Gasteiger partial charge in [0.25, 0.3) is 0 Å². The summed E-state index contributed by atoms with van der Waals surface area (Å²) in [5, 5.41) is 17.4. The first kappa shape index (κ1) is 19.8. The minimum Gasteiger partial charge on any atom is -0.545 e. The Morgan fingerprint density at radius 1 is 1.23 bits per heavy atom. The molecule has 2 heterocycles. The van der Waals surface area contributed by atoms with Crippen molar-refractivity contribution in [3.05, 3.63) is 58.4 Å². The maximum Gasteiger partial charge on any atom is 1.00 e. The van der Waals surface area contributed by atoms with Gasteiger partial charge in [-0.2, -0.15) is 14.6 Å². The number of nitrogens with one attached hydrogen (secondary N) is 1. The zero-order valence-corrected chi connectivity index (χ0v) is 16.3. The van der Waals surface area contributed by atoms with Gasteiger partial charge in [0, 0.05) is 24.7 Å². The smallest absolute Gasteiger partial charge is 0.545 e. The van der Waals surface area contributed by atoms with E-state index in [0.29, 0.717) is 17.8 Å². The molecule has 1 N–H and O–H groups in total. The average molecular weight is 363 g/mol. The Balaban J connectivity index is 0.00000243. The van der Waals surface area contributed by atoms with Gasteiger partial charge in [-0.05, 0) is 24.1 Å². The number of carbonyl (C=O) groups excluding carboxylic acids is 2. The molecule has 0 saturated carbocycles. The quantitative estimate of drug-likeness (QED) is 0.467. The molecule has 128 valence electrons. The SMILES string of the molecule is Cn1cnc(=O)n2ncc(CCC(=O)Nc3ccc(C(=O)[O-])cc3)c12.[Na+]. The van der Waals surface area contributed by atoms with Crippen molar-refractivity contribution in [3.8, 4) is 0 Å². The van der Waals surface area contributed by atoms with Crippen LogP contribution >= 0.6 is 0 Å². The Labute approximate surface area is 170 Å². The van der Waals surface area contributed by atoms with E-state index in [2.05, 4.69) is 15.4 Å². The fourth-order valence-electron chi connectivity index (χ4n) is 2.47. The van der Waals surface area contributed by atoms with Gasteiger partial charge in [0.2, 0.25) is 5.91 Å². The normalized spacial score (nSPS) is 10.3. The number of aromatic nitrogens is 4. The van der Waals surface area contributed by atoms with Gasteiger partial charge >= 0.3 is 35.2 Å². The molecule has 10 heteroatoms. The molecule has 0 spiro atoms. The van der Waals surface area contributed by atoms with Gasteiger partial charge in [-0.15, -0.1) is 0 Å². The molecule has 0 atom stereocenters. The van der Waals surface area contributed by atoms with E-state index in [1.165, 1.54) is 35.1 Å². The molecule has 3 rings (SSSR count). The molecule has 1 aromatic carbocycles. The van der Waals surface area contributed by atoms with E-state index in [1.54, 1.807) is 17.8 Å². The van der Waals surface area contributed by atoms with Crippen molar-refractivity contribution in [2.24, 2.45) is 7.05 Å². The zero-order valence-electron chi connectivity index (χ0n) is 14.3. The maximum absolute atomic E-state index is 12.1. The second-order valence-corrected chi connectivity index (χ2v) is 5.46. The van der Waals surface area contributed by atoms with Crippen molar-refractivity contribution in [3.63, 3.8) is 0 Å². The van der Waals surface area contributed by atoms with Crippen LogP contribution in [0, 0.1) is 0 Å². The largest absolute Gasteiger partial charge is 1.00 e. The molecule has 2 aromatic heterocycles. The summed E-state index contributed by atoms with van der Waals surface area (Å²) in [4.78, 5) is 38.1. The number of carboxylic acid groups (broad SMARTS) is 1. The van der Waals surface area contributed by atoms with Crippen molar-refractivity contribution in [1.82, 2.24) is 19.2 Å². The summed E-state index contributed by atoms with van der Waals surface area (Å²) in [5.41, 5.74) is 1.40. The first-order chi connectivity index (χ1) is 12.0. The minimum absolute atomic E-state index is 0. The van der Waals surface area contributed by atoms with E-state index in [1.807, 2.05) is 0 Å². The predicted molar refractivity (Wildman–Crippen MR) is 86.0 cm³/mol. The molecule has 1 amide bonds. The number of benzene rings is 1. The van der Waals surface area contributed by atoms with Gasteiger partial charge in [0.1, 0.15) is 12.0 Å². The Morgan fingerprint density at radius 3 is 2.58 bits per heavy atom. The molecular formula is C16H14N5NaO4. The van der Waals surface area contributed by atoms with Gasteiger partial charge in [-0.25, -0.2) is 4.79 Å². The van der Waals surface area contributed by atoms with E-state index in [0.717, 1.165) is 5.56 Å². The van der Waals surface area contributed by atoms with Crippen LogP contribution in [0.15, 0.2) is 41.6 Å². The number of aryl methyl sites for hydroxylation is 2. The van der Waals surface area contributed by atoms with Crippen molar-refractivity contribution < 1.29 is 44.3 Å². The second-order valence-electron chi connectivity index (χ2n) is 5.46. The van der Waals surface area contributed by atoms with Crippen LogP contribution in [-0.2, 0) is 18.3 Å². The zero-order chi connectivity index (χ0) is 18.0. The minimum atomic E-state index is -1.27. The van der Waals surface area contributed by atoms with Crippen LogP contribution < -0.4 is 45.7 Å². The van der Waals surface area contributed by atoms with Crippen LogP contribution in [0.4, 0.5) is 5.69 Å². The van der Waals surface area contributed by atoms with Gasteiger partial charge < -0.3 is 19.8 Å². The molecule has 0 radical (unpaired) electrons. The molecule has 0 saturated heterocycles. The van der Waals surface area contributed by atoms with Crippen molar-refractivity contribution in [2.45, 2.75) is 12.8 Å². The molecule has 0 aliphatic rings. The van der Waals surface area contributed by atoms with Crippen LogP contribution in [-0.4, -0.2) is 31.0 Å². The molecule has 26 heavy (non-hydrogen) atoms. The van der Waals surface area contributed by atoms with Crippen LogP contribution in [0.25, 0.3) is 5.65 Å². The summed E-state index contributed by atoms with van der Waals surface area (Å²) in [5.74, 6) is -1.51. The number of anilines is 1. The fraction of sp³-hybridized carbons (Fsp3) is 0.188. The Kier molecular flexibility index (Phi) is 6.30. The van der Waals surface area contributed by atoms with Gasteiger partial charge in [-0.1, -0.05) is 12.1 Å². The third-order valence-electron chi connectivity index (χ3n) is 3.70. The van der Waals surface area contributed by atoms with Gasteiger partial charge in [-0.3, -0.25) is 4.79 Å². The Bertz CT molecular complexity index is 1010. The Morgan fingerprint density at radius 2 is 1.92 bits per heavy atom. The molecule has 9 nitrogen and oxygen atoms in total. The Hall–Kier alpha value is -2.49. The van der Waals surface area contributed by atoms with E-state index in [4.69, 9.17) is 0 Å². The molecule has 0 unspecified atom stereocenters. The number of fused-ring (bicyclic) bond motifs is 1. The van der Waals surface area contributed by atoms with Crippen molar-refractivity contribution in [1.29, 1.82) is 0 Å². The van der Waals surface area contributed by atoms with Crippen molar-refractivity contribution >= 4 is 23.2 Å². The fourth-order valence-corrected chi connectivity index (χ4v) is 2.47. The number of aromatic carboxylic acids is 1. The topological polar surface area (TPSA) is 121 Å². The number of carboxylic acids is 1. The van der Waals surface area contributed by atoms with Crippen LogP contribution in [0.3, 0.4) is 0 Å². The molecule has 0 aliphatic carbocycles. The first-order valence-corrected chi connectivity index (χ1v) is 7.45. The van der Waals surface area contributed by atoms with E-state index in [9.17, 15) is 19.5 Å². The number of rotatable bonds is 5. The number of carbonyl (C=O) groups is 2. The van der Waals surface area contributed by atoms with E-state index >= 15 is 0 Å². The molecule has 3 aromatic rings. The van der Waals surface area contributed by atoms with Crippen LogP contribution in [0.2, 0.25) is 0 Å². The summed E-state index contributed by atoms with van der Waals surface area (Å²) in [6, 6.07) is 5.71. The maximum atomic E-state index is 12.1. The first-order valence-electron chi connectivity index (χ1n) is 7.45. The molecule has 0 bridgehead atoms. The van der Waals surface area contributed by atoms with Gasteiger partial charge in [0.05, 0.1) is 12.2 Å². The molecule has 0 fully saturated rings. The summed E-state index contributed by atoms with van der Waals surface area (Å²) in [7, 11) is 1.74. The van der Waals surface area contributed by atoms with E-state index in [-0.39, 0.29) is 47.4 Å². The number of nitrogens with zero attached hydrogens (tertiary/aromatic N) is 4. The second kappa shape index (κ2) is 8.26. The number of amides is 1. The summed E-state index contributed by atoms with van der Waals surface area (Å²) < 4.78 is 2.85. The third kappa shape index (κ3) is 4.18. The van der Waals surface area contributed by atoms with E-state index < -0.39 is 11.7 Å². The summed E-state index contributed by atoms with van der Waals surface area (Å²) in [6.07, 6.45) is 3.52. The third-order valence-corrected chi connectivity index (χ3v) is 3.70. The predicted octanol–water partition coefficient (Wildman–Crippen LogP) is -3.63. The number of hydrogen-bond donors (Lipinski definition) is 1. The summed E-state index contributed by atoms with van der Waals surface area (Å²) in [6.45, 7) is 0. The van der Waals surface area contributed by atoms with Gasteiger partial charge in [0.15, 0.2) is 0 Å². The average Bonchev–Trinajstić information content (AvgIpc) is 3.02. The number of hydrogen-bond acceptors (Lipinski definition) is 6. The van der Waals surface area contributed by atoms with Crippen molar-refractivity contribution in [2.75, 3.05) is 5.32 Å². The standard InChI is InChI=1S/C16H15N5O4.Na/c1-20-9-17-16(25)21-14(20)11(8-18-21)4-7-13(22)19-12-5-2-10(3-6-12)15(23)24;/h2-3,5-6,8-9H,4,7H2,1H3,(H,19,22)(H,23,24);/q;+1/p-1. The van der Waals surface area contributed by atoms with Crippen LogP contribution in [0.1, 0.15) is 22.3 Å². The van der Waals surface area contributed by atoms with Crippen LogP contribution in [0.5, 0.6) is 0 Å². The molecular weight excluding hydrogens is 349 g/mol. The monoisotopic (exact) mass is 363 g/mol.